The van der Waals surface area contributed by atoms with Crippen LogP contribution in [0.1, 0.15) is 53.1 Å². The molecule has 2 aromatic heterocycles. The minimum Gasteiger partial charge on any atom is -0.477 e. The molecule has 1 aliphatic rings. The Kier molecular flexibility index (Phi) is 4.80. The molecule has 1 atom stereocenters. The number of likely N-dealkylation sites (tertiary alicyclic amines) is 1. The molecule has 3 aromatic rings. The smallest absolute Gasteiger partial charge is 0.352 e. The van der Waals surface area contributed by atoms with Crippen LogP contribution in [0.25, 0.3) is 10.9 Å². The van der Waals surface area contributed by atoms with Crippen molar-refractivity contribution in [1.82, 2.24) is 24.6 Å². The van der Waals surface area contributed by atoms with E-state index in [1.54, 1.807) is 4.57 Å². The summed E-state index contributed by atoms with van der Waals surface area (Å²) in [5, 5.41) is 17.4. The second-order valence-electron chi connectivity index (χ2n) is 7.54. The monoisotopic (exact) mass is 383 g/mol. The first-order chi connectivity index (χ1) is 13.5. The Morgan fingerprint density at radius 3 is 2.96 bits per heavy atom. The Labute approximate surface area is 162 Å². The summed E-state index contributed by atoms with van der Waals surface area (Å²) in [4.78, 5) is 29.0. The summed E-state index contributed by atoms with van der Waals surface area (Å²) < 4.78 is 1.69. The van der Waals surface area contributed by atoms with Gasteiger partial charge in [-0.15, -0.1) is 0 Å². The lowest BCUT2D eigenvalue weighted by Crippen LogP contribution is -2.35. The quantitative estimate of drug-likeness (QED) is 0.627. The van der Waals surface area contributed by atoms with Crippen molar-refractivity contribution in [3.8, 4) is 0 Å². The fourth-order valence-electron chi connectivity index (χ4n) is 4.29. The molecule has 8 heteroatoms. The number of aryl methyl sites for hydroxylation is 1. The van der Waals surface area contributed by atoms with Gasteiger partial charge in [0.15, 0.2) is 0 Å². The number of nitrogens with zero attached hydrogens (tertiary/aromatic N) is 3. The fraction of sp³-hybridized carbons (Fsp3) is 0.450. The van der Waals surface area contributed by atoms with Gasteiger partial charge in [-0.3, -0.25) is 9.47 Å². The van der Waals surface area contributed by atoms with Gasteiger partial charge in [0.1, 0.15) is 11.5 Å². The topological polar surface area (TPSA) is 107 Å². The van der Waals surface area contributed by atoms with Crippen molar-refractivity contribution < 1.29 is 9.90 Å². The number of benzene rings is 1. The summed E-state index contributed by atoms with van der Waals surface area (Å²) in [5.74, 6) is 0.0165. The molecule has 28 heavy (non-hydrogen) atoms. The van der Waals surface area contributed by atoms with Crippen LogP contribution in [0.15, 0.2) is 23.0 Å². The van der Waals surface area contributed by atoms with Gasteiger partial charge in [-0.1, -0.05) is 11.6 Å². The van der Waals surface area contributed by atoms with Crippen molar-refractivity contribution >= 4 is 16.9 Å². The number of nitrogens with one attached hydrogen (secondary N) is 2. The molecule has 8 nitrogen and oxygen atoms in total. The molecule has 1 aromatic carbocycles. The first-order valence-electron chi connectivity index (χ1n) is 9.70. The van der Waals surface area contributed by atoms with Gasteiger partial charge in [0.25, 0.3) is 0 Å². The summed E-state index contributed by atoms with van der Waals surface area (Å²) in [6.45, 7) is 6.74. The minimum atomic E-state index is -0.940. The van der Waals surface area contributed by atoms with Gasteiger partial charge in [-0.2, -0.15) is 5.10 Å². The molecular weight excluding hydrogens is 358 g/mol. The van der Waals surface area contributed by atoms with Crippen LogP contribution in [-0.2, 0) is 13.1 Å². The number of aromatic carboxylic acids is 1. The van der Waals surface area contributed by atoms with Gasteiger partial charge in [-0.25, -0.2) is 14.7 Å². The van der Waals surface area contributed by atoms with Gasteiger partial charge in [0.05, 0.1) is 0 Å². The number of carbonyl (C=O) groups is 1. The lowest BCUT2D eigenvalue weighted by Gasteiger charge is -2.32. The zero-order valence-electron chi connectivity index (χ0n) is 16.2. The molecule has 148 valence electrons. The highest BCUT2D eigenvalue weighted by Crippen LogP contribution is 2.29. The average Bonchev–Trinajstić information content (AvgIpc) is 3.22. The SMILES string of the molecule is CCn1c([C@@H]2CCCN(Cc3c(C(=O)O)[nH]c4ccc(C)cc34)C2)n[nH]c1=O. The predicted octanol–water partition coefficient (Wildman–Crippen LogP) is 2.46. The summed E-state index contributed by atoms with van der Waals surface area (Å²) in [6.07, 6.45) is 1.96. The standard InChI is InChI=1S/C20H25N5O3/c1-3-25-18(22-23-20(25)28)13-5-4-8-24(10-13)11-15-14-9-12(2)6-7-16(14)21-17(15)19(26)27/h6-7,9,13,21H,3-5,8,10-11H2,1-2H3,(H,23,28)(H,26,27)/t13-/m1/s1. The molecule has 0 amide bonds. The van der Waals surface area contributed by atoms with Crippen molar-refractivity contribution in [1.29, 1.82) is 0 Å². The molecule has 0 spiro atoms. The number of aromatic nitrogens is 4. The Balaban J connectivity index is 1.64. The van der Waals surface area contributed by atoms with E-state index in [0.717, 1.165) is 53.8 Å². The van der Waals surface area contributed by atoms with E-state index in [0.29, 0.717) is 13.1 Å². The van der Waals surface area contributed by atoms with Crippen molar-refractivity contribution in [3.05, 3.63) is 51.3 Å². The van der Waals surface area contributed by atoms with E-state index in [9.17, 15) is 14.7 Å². The third-order valence-electron chi connectivity index (χ3n) is 5.63. The Bertz CT molecular complexity index is 1080. The van der Waals surface area contributed by atoms with Gasteiger partial charge in [0.2, 0.25) is 0 Å². The van der Waals surface area contributed by atoms with E-state index in [1.165, 1.54) is 0 Å². The molecule has 0 radical (unpaired) electrons. The third-order valence-corrected chi connectivity index (χ3v) is 5.63. The highest BCUT2D eigenvalue weighted by molar-refractivity contribution is 5.97. The van der Waals surface area contributed by atoms with E-state index in [1.807, 2.05) is 32.0 Å². The number of rotatable bonds is 5. The number of hydrogen-bond donors (Lipinski definition) is 3. The molecule has 1 aliphatic heterocycles. The van der Waals surface area contributed by atoms with Gasteiger partial charge >= 0.3 is 11.7 Å². The van der Waals surface area contributed by atoms with Crippen LogP contribution < -0.4 is 5.69 Å². The van der Waals surface area contributed by atoms with Crippen LogP contribution in [0.3, 0.4) is 0 Å². The summed E-state index contributed by atoms with van der Waals surface area (Å²) in [6, 6.07) is 5.95. The molecule has 4 rings (SSSR count). The van der Waals surface area contributed by atoms with Gasteiger partial charge < -0.3 is 10.1 Å². The number of aromatic amines is 2. The molecular formula is C20H25N5O3. The molecule has 1 fully saturated rings. The Morgan fingerprint density at radius 2 is 2.21 bits per heavy atom. The minimum absolute atomic E-state index is 0.160. The molecule has 3 heterocycles. The number of H-pyrrole nitrogens is 2. The average molecular weight is 383 g/mol. The van der Waals surface area contributed by atoms with Crippen LogP contribution in [0.5, 0.6) is 0 Å². The number of carboxylic acid groups (broad SMARTS) is 1. The van der Waals surface area contributed by atoms with E-state index < -0.39 is 5.97 Å². The molecule has 0 aliphatic carbocycles. The summed E-state index contributed by atoms with van der Waals surface area (Å²) in [5.41, 5.74) is 2.85. The van der Waals surface area contributed by atoms with Crippen LogP contribution in [0.4, 0.5) is 0 Å². The number of carboxylic acids is 1. The molecule has 3 N–H and O–H groups in total. The molecule has 0 bridgehead atoms. The molecule has 0 unspecified atom stereocenters. The lowest BCUT2D eigenvalue weighted by atomic mass is 9.96. The van der Waals surface area contributed by atoms with Gasteiger partial charge in [-0.05, 0) is 45.4 Å². The van der Waals surface area contributed by atoms with Crippen LogP contribution >= 0.6 is 0 Å². The maximum absolute atomic E-state index is 11.9. The van der Waals surface area contributed by atoms with Crippen LogP contribution in [-0.4, -0.2) is 48.8 Å². The highest BCUT2D eigenvalue weighted by atomic mass is 16.4. The maximum Gasteiger partial charge on any atom is 0.352 e. The van der Waals surface area contributed by atoms with E-state index in [2.05, 4.69) is 20.1 Å². The summed E-state index contributed by atoms with van der Waals surface area (Å²) >= 11 is 0. The van der Waals surface area contributed by atoms with Gasteiger partial charge in [0, 0.05) is 42.0 Å². The second-order valence-corrected chi connectivity index (χ2v) is 7.54. The zero-order valence-corrected chi connectivity index (χ0v) is 16.2. The van der Waals surface area contributed by atoms with Crippen molar-refractivity contribution in [3.63, 3.8) is 0 Å². The molecule has 0 saturated carbocycles. The van der Waals surface area contributed by atoms with Crippen LogP contribution in [0, 0.1) is 6.92 Å². The fourth-order valence-corrected chi connectivity index (χ4v) is 4.29. The Morgan fingerprint density at radius 1 is 1.39 bits per heavy atom. The maximum atomic E-state index is 11.9. The largest absolute Gasteiger partial charge is 0.477 e. The normalized spacial score (nSPS) is 18.0. The van der Waals surface area contributed by atoms with E-state index >= 15 is 0 Å². The Hall–Kier alpha value is -2.87. The first-order valence-corrected chi connectivity index (χ1v) is 9.70. The number of piperidine rings is 1. The van der Waals surface area contributed by atoms with E-state index in [4.69, 9.17) is 0 Å². The second kappa shape index (κ2) is 7.27. The van der Waals surface area contributed by atoms with Crippen molar-refractivity contribution in [2.75, 3.05) is 13.1 Å². The molecule has 1 saturated heterocycles. The first kappa shape index (κ1) is 18.5. The summed E-state index contributed by atoms with van der Waals surface area (Å²) in [7, 11) is 0. The zero-order chi connectivity index (χ0) is 19.8. The van der Waals surface area contributed by atoms with Crippen molar-refractivity contribution in [2.24, 2.45) is 0 Å². The number of hydrogen-bond acceptors (Lipinski definition) is 4. The van der Waals surface area contributed by atoms with Crippen molar-refractivity contribution in [2.45, 2.75) is 45.7 Å². The lowest BCUT2D eigenvalue weighted by molar-refractivity contribution is 0.0688. The predicted molar refractivity (Wildman–Crippen MR) is 106 cm³/mol. The van der Waals surface area contributed by atoms with Crippen LogP contribution in [0.2, 0.25) is 0 Å². The highest BCUT2D eigenvalue weighted by Gasteiger charge is 2.28. The number of fused-ring (bicyclic) bond motifs is 1. The van der Waals surface area contributed by atoms with E-state index in [-0.39, 0.29) is 17.3 Å². The third kappa shape index (κ3) is 3.24.